The molecule has 5 rings (SSSR count). The topological polar surface area (TPSA) is 125 Å². The molecule has 0 saturated heterocycles. The number of halogens is 1. The Morgan fingerprint density at radius 1 is 1.25 bits per heavy atom. The van der Waals surface area contributed by atoms with Crippen LogP contribution in [0.15, 0.2) is 31.5 Å². The minimum absolute atomic E-state index is 0.162. The lowest BCUT2D eigenvalue weighted by molar-refractivity contribution is -0.0589. The molecule has 1 aliphatic heterocycles. The molecule has 4 aromatic rings. The van der Waals surface area contributed by atoms with Gasteiger partial charge in [-0.3, -0.25) is 13.9 Å². The summed E-state index contributed by atoms with van der Waals surface area (Å²) in [6.45, 7) is -0.282. The highest BCUT2D eigenvalue weighted by Crippen LogP contribution is 2.43. The third kappa shape index (κ3) is 3.00. The molecule has 0 aliphatic carbocycles. The van der Waals surface area contributed by atoms with Gasteiger partial charge in [0.25, 0.3) is 5.56 Å². The van der Waals surface area contributed by atoms with Crippen LogP contribution in [-0.2, 0) is 32.0 Å². The van der Waals surface area contributed by atoms with E-state index in [4.69, 9.17) is 20.8 Å². The number of rotatable bonds is 4. The van der Waals surface area contributed by atoms with Crippen molar-refractivity contribution in [2.24, 2.45) is 14.1 Å². The van der Waals surface area contributed by atoms with E-state index in [0.29, 0.717) is 38.8 Å². The maximum atomic E-state index is 13.3. The first-order valence-electron chi connectivity index (χ1n) is 9.75. The van der Waals surface area contributed by atoms with Crippen LogP contribution in [0.1, 0.15) is 23.3 Å². The van der Waals surface area contributed by atoms with Gasteiger partial charge in [0, 0.05) is 19.5 Å². The van der Waals surface area contributed by atoms with Crippen LogP contribution in [0.4, 0.5) is 0 Å². The van der Waals surface area contributed by atoms with Gasteiger partial charge >= 0.3 is 5.69 Å². The summed E-state index contributed by atoms with van der Waals surface area (Å²) in [5, 5.41) is 22.1. The van der Waals surface area contributed by atoms with Gasteiger partial charge < -0.3 is 23.9 Å². The zero-order valence-electron chi connectivity index (χ0n) is 17.1. The summed E-state index contributed by atoms with van der Waals surface area (Å²) in [5.74, 6) is 0.378. The smallest absolute Gasteiger partial charge is 0.331 e. The lowest BCUT2D eigenvalue weighted by atomic mass is 10.1. The predicted octanol–water partition coefficient (Wildman–Crippen LogP) is 1.38. The van der Waals surface area contributed by atoms with E-state index in [1.807, 2.05) is 4.57 Å². The fourth-order valence-corrected chi connectivity index (χ4v) is 5.20. The maximum Gasteiger partial charge on any atom is 0.331 e. The molecule has 0 fully saturated rings. The summed E-state index contributed by atoms with van der Waals surface area (Å²) in [5.41, 5.74) is 0.929. The number of aliphatic hydroxyl groups is 2. The fourth-order valence-electron chi connectivity index (χ4n) is 4.18. The molecule has 2 atom stereocenters. The Kier molecular flexibility index (Phi) is 5.10. The molecule has 0 radical (unpaired) electrons. The van der Waals surface area contributed by atoms with Crippen LogP contribution in [0.3, 0.4) is 0 Å². The Morgan fingerprint density at radius 2 is 2.03 bits per heavy atom. The number of nitrogens with zero attached hydrogens (tertiary/aromatic N) is 4. The molecule has 0 spiro atoms. The second-order valence-corrected chi connectivity index (χ2v) is 8.77. The number of aliphatic hydroxyl groups excluding tert-OH is 2. The van der Waals surface area contributed by atoms with Gasteiger partial charge in [-0.05, 0) is 23.7 Å². The van der Waals surface area contributed by atoms with E-state index in [1.165, 1.54) is 23.0 Å². The number of aromatic nitrogens is 4. The van der Waals surface area contributed by atoms with Crippen LogP contribution >= 0.6 is 22.9 Å². The van der Waals surface area contributed by atoms with Crippen LogP contribution in [-0.4, -0.2) is 41.6 Å². The summed E-state index contributed by atoms with van der Waals surface area (Å²) >= 11 is 7.28. The minimum Gasteiger partial charge on any atom is -0.446 e. The van der Waals surface area contributed by atoms with Crippen molar-refractivity contribution >= 4 is 33.8 Å². The highest BCUT2D eigenvalue weighted by atomic mass is 35.5. The molecule has 1 aliphatic rings. The van der Waals surface area contributed by atoms with Gasteiger partial charge in [0.05, 0.1) is 53.8 Å². The first-order valence-corrected chi connectivity index (χ1v) is 11.0. The molecule has 10 nitrogen and oxygen atoms in total. The zero-order chi connectivity index (χ0) is 22.7. The molecule has 1 unspecified atom stereocenters. The quantitative estimate of drug-likeness (QED) is 0.454. The van der Waals surface area contributed by atoms with Crippen molar-refractivity contribution in [3.63, 3.8) is 0 Å². The number of fused-ring (bicyclic) bond motifs is 3. The number of furan rings is 1. The Hall–Kier alpha value is -2.70. The van der Waals surface area contributed by atoms with Gasteiger partial charge in [-0.1, -0.05) is 0 Å². The molecule has 4 aromatic heterocycles. The van der Waals surface area contributed by atoms with Crippen LogP contribution in [0.25, 0.3) is 21.6 Å². The normalized spacial score (nSPS) is 18.4. The van der Waals surface area contributed by atoms with Crippen LogP contribution in [0.2, 0.25) is 5.22 Å². The van der Waals surface area contributed by atoms with Crippen molar-refractivity contribution < 1.29 is 19.4 Å². The monoisotopic (exact) mass is 478 g/mol. The average molecular weight is 479 g/mol. The van der Waals surface area contributed by atoms with E-state index in [2.05, 4.69) is 4.98 Å². The maximum absolute atomic E-state index is 13.3. The molecule has 0 saturated carbocycles. The number of hydrogen-bond donors (Lipinski definition) is 2. The first-order chi connectivity index (χ1) is 15.3. The van der Waals surface area contributed by atoms with Crippen molar-refractivity contribution in [1.29, 1.82) is 0 Å². The SMILES string of the molecule is Cn1c(=O)c2c(-c3nc(CO)cs3)n3c(c2n(C)c1=O)C(c1ccc(Cl)o1)O[C@@H](CO)C3. The third-order valence-electron chi connectivity index (χ3n) is 5.64. The van der Waals surface area contributed by atoms with Gasteiger partial charge in [-0.2, -0.15) is 0 Å². The second-order valence-electron chi connectivity index (χ2n) is 7.54. The minimum atomic E-state index is -0.820. The summed E-state index contributed by atoms with van der Waals surface area (Å²) in [7, 11) is 3.00. The Balaban J connectivity index is 1.94. The van der Waals surface area contributed by atoms with E-state index >= 15 is 0 Å². The van der Waals surface area contributed by atoms with Gasteiger partial charge in [-0.25, -0.2) is 9.78 Å². The van der Waals surface area contributed by atoms with Gasteiger partial charge in [0.15, 0.2) is 11.3 Å². The molecule has 0 aromatic carbocycles. The lowest BCUT2D eigenvalue weighted by Crippen LogP contribution is -2.37. The number of thiazole rings is 1. The molecular formula is C20H19ClN4O6S. The predicted molar refractivity (Wildman–Crippen MR) is 117 cm³/mol. The van der Waals surface area contributed by atoms with Gasteiger partial charge in [-0.15, -0.1) is 11.3 Å². The van der Waals surface area contributed by atoms with E-state index in [-0.39, 0.29) is 25.0 Å². The van der Waals surface area contributed by atoms with Crippen LogP contribution < -0.4 is 11.2 Å². The number of ether oxygens (including phenoxy) is 1. The molecular weight excluding hydrogens is 460 g/mol. The van der Waals surface area contributed by atoms with Crippen molar-refractivity contribution in [3.8, 4) is 10.7 Å². The summed E-state index contributed by atoms with van der Waals surface area (Å²) in [6, 6.07) is 3.23. The average Bonchev–Trinajstić information content (AvgIpc) is 3.51. The molecule has 5 heterocycles. The Morgan fingerprint density at radius 3 is 2.66 bits per heavy atom. The second kappa shape index (κ2) is 7.71. The van der Waals surface area contributed by atoms with E-state index in [1.54, 1.807) is 24.6 Å². The van der Waals surface area contributed by atoms with Crippen molar-refractivity contribution in [3.05, 3.63) is 60.7 Å². The summed E-state index contributed by atoms with van der Waals surface area (Å²) in [4.78, 5) is 30.6. The van der Waals surface area contributed by atoms with Crippen molar-refractivity contribution in [2.75, 3.05) is 6.61 Å². The number of aryl methyl sites for hydroxylation is 1. The standard InChI is InChI=1S/C20H19ClN4O6S/c1-23-14-13(19(28)24(2)20(23)29)15(18-22-9(6-26)8-32-18)25-5-10(7-27)30-17(16(14)25)11-3-4-12(21)31-11/h3-4,8,10,17,26-27H,5-7H2,1-2H3/t10-,17?/m1/s1. The molecule has 12 heteroatoms. The van der Waals surface area contributed by atoms with Crippen molar-refractivity contribution in [1.82, 2.24) is 18.7 Å². The zero-order valence-corrected chi connectivity index (χ0v) is 18.7. The molecule has 32 heavy (non-hydrogen) atoms. The number of hydrogen-bond acceptors (Lipinski definition) is 8. The summed E-state index contributed by atoms with van der Waals surface area (Å²) in [6.07, 6.45) is -1.42. The van der Waals surface area contributed by atoms with Gasteiger partial charge in [0.2, 0.25) is 0 Å². The van der Waals surface area contributed by atoms with Crippen molar-refractivity contribution in [2.45, 2.75) is 25.4 Å². The van der Waals surface area contributed by atoms with Crippen LogP contribution in [0.5, 0.6) is 0 Å². The van der Waals surface area contributed by atoms with E-state index in [9.17, 15) is 19.8 Å². The third-order valence-corrected chi connectivity index (χ3v) is 6.74. The fraction of sp³-hybridized carbons (Fsp3) is 0.350. The molecule has 2 N–H and O–H groups in total. The Bertz CT molecular complexity index is 1460. The molecule has 0 amide bonds. The van der Waals surface area contributed by atoms with Crippen LogP contribution in [0, 0.1) is 0 Å². The summed E-state index contributed by atoms with van der Waals surface area (Å²) < 4.78 is 16.0. The molecule has 168 valence electrons. The lowest BCUT2D eigenvalue weighted by Gasteiger charge is -2.31. The van der Waals surface area contributed by atoms with E-state index < -0.39 is 23.5 Å². The van der Waals surface area contributed by atoms with Gasteiger partial charge in [0.1, 0.15) is 10.8 Å². The Labute approximate surface area is 189 Å². The largest absolute Gasteiger partial charge is 0.446 e. The highest BCUT2D eigenvalue weighted by Gasteiger charge is 2.38. The molecule has 0 bridgehead atoms. The first kappa shape index (κ1) is 21.2. The highest BCUT2D eigenvalue weighted by molar-refractivity contribution is 7.13. The van der Waals surface area contributed by atoms with E-state index in [0.717, 1.165) is 4.57 Å².